The number of rotatable bonds is 5. The summed E-state index contributed by atoms with van der Waals surface area (Å²) in [5.41, 5.74) is 2.47. The van der Waals surface area contributed by atoms with Crippen molar-refractivity contribution in [2.24, 2.45) is 5.84 Å². The zero-order valence-corrected chi connectivity index (χ0v) is 11.8. The molecule has 3 N–H and O–H groups in total. The highest BCUT2D eigenvalue weighted by atomic mass is 16.5. The average Bonchev–Trinajstić information content (AvgIpc) is 2.79. The Kier molecular flexibility index (Phi) is 4.36. The molecule has 106 valence electrons. The van der Waals surface area contributed by atoms with Gasteiger partial charge in [0.2, 0.25) is 11.9 Å². The third kappa shape index (κ3) is 2.86. The van der Waals surface area contributed by atoms with Crippen LogP contribution in [0.15, 0.2) is 0 Å². The van der Waals surface area contributed by atoms with Gasteiger partial charge in [0.25, 0.3) is 0 Å². The van der Waals surface area contributed by atoms with Crippen LogP contribution in [0.2, 0.25) is 0 Å². The Bertz CT molecular complexity index is 427. The van der Waals surface area contributed by atoms with E-state index in [9.17, 15) is 0 Å². The number of hydrogen-bond donors (Lipinski definition) is 2. The lowest BCUT2D eigenvalue weighted by Crippen LogP contribution is -2.36. The van der Waals surface area contributed by atoms with Crippen molar-refractivity contribution in [2.75, 3.05) is 16.9 Å². The van der Waals surface area contributed by atoms with Crippen LogP contribution in [-0.4, -0.2) is 33.6 Å². The van der Waals surface area contributed by atoms with Crippen LogP contribution in [0.25, 0.3) is 0 Å². The van der Waals surface area contributed by atoms with Gasteiger partial charge in [-0.15, -0.1) is 0 Å². The Hall–Kier alpha value is -1.63. The van der Waals surface area contributed by atoms with E-state index in [0.29, 0.717) is 36.6 Å². The normalized spacial score (nSPS) is 22.6. The van der Waals surface area contributed by atoms with E-state index in [-0.39, 0.29) is 0 Å². The molecular formula is C12H22N6O. The van der Waals surface area contributed by atoms with Crippen LogP contribution < -0.4 is 20.9 Å². The number of hydrazine groups is 1. The van der Waals surface area contributed by atoms with E-state index in [1.54, 1.807) is 0 Å². The molecule has 0 aromatic carbocycles. The summed E-state index contributed by atoms with van der Waals surface area (Å²) in [6.45, 7) is 6.78. The lowest BCUT2D eigenvalue weighted by Gasteiger charge is -2.28. The third-order valence-electron chi connectivity index (χ3n) is 3.49. The molecule has 7 heteroatoms. The SMILES string of the molecule is CCOc1nc(NN)nc(N2C(C)CCC2CC)n1. The second-order valence-corrected chi connectivity index (χ2v) is 4.71. The summed E-state index contributed by atoms with van der Waals surface area (Å²) >= 11 is 0. The highest BCUT2D eigenvalue weighted by Crippen LogP contribution is 2.30. The molecule has 0 radical (unpaired) electrons. The fourth-order valence-corrected chi connectivity index (χ4v) is 2.55. The molecule has 0 saturated carbocycles. The topological polar surface area (TPSA) is 89.2 Å². The van der Waals surface area contributed by atoms with Crippen LogP contribution in [0, 0.1) is 0 Å². The molecule has 1 aliphatic rings. The van der Waals surface area contributed by atoms with E-state index in [0.717, 1.165) is 12.8 Å². The zero-order chi connectivity index (χ0) is 13.8. The molecule has 19 heavy (non-hydrogen) atoms. The Balaban J connectivity index is 2.34. The van der Waals surface area contributed by atoms with Crippen molar-refractivity contribution < 1.29 is 4.74 Å². The fourth-order valence-electron chi connectivity index (χ4n) is 2.55. The molecule has 1 aromatic heterocycles. The maximum absolute atomic E-state index is 5.41. The van der Waals surface area contributed by atoms with Gasteiger partial charge in [-0.2, -0.15) is 15.0 Å². The van der Waals surface area contributed by atoms with Gasteiger partial charge in [0.05, 0.1) is 6.61 Å². The Morgan fingerprint density at radius 2 is 2.11 bits per heavy atom. The predicted octanol–water partition coefficient (Wildman–Crippen LogP) is 1.32. The lowest BCUT2D eigenvalue weighted by atomic mass is 10.2. The van der Waals surface area contributed by atoms with Gasteiger partial charge >= 0.3 is 6.01 Å². The standard InChI is InChI=1S/C12H22N6O/c1-4-9-7-6-8(3)18(9)11-14-10(17-13)15-12(16-11)19-5-2/h8-9H,4-7,13H2,1-3H3,(H,14,15,16,17). The minimum Gasteiger partial charge on any atom is -0.464 e. The van der Waals surface area contributed by atoms with Gasteiger partial charge in [-0.05, 0) is 33.1 Å². The van der Waals surface area contributed by atoms with Crippen molar-refractivity contribution in [3.8, 4) is 6.01 Å². The molecule has 7 nitrogen and oxygen atoms in total. The Labute approximate surface area is 113 Å². The average molecular weight is 266 g/mol. The molecule has 2 atom stereocenters. The summed E-state index contributed by atoms with van der Waals surface area (Å²) in [7, 11) is 0. The van der Waals surface area contributed by atoms with Gasteiger partial charge in [-0.3, -0.25) is 5.43 Å². The molecule has 2 unspecified atom stereocenters. The second kappa shape index (κ2) is 6.01. The molecule has 2 heterocycles. The first-order valence-corrected chi connectivity index (χ1v) is 6.83. The first-order chi connectivity index (χ1) is 9.19. The molecule has 1 aromatic rings. The molecule has 0 spiro atoms. The number of nitrogen functional groups attached to an aromatic ring is 1. The van der Waals surface area contributed by atoms with Gasteiger partial charge in [0.15, 0.2) is 0 Å². The molecule has 0 bridgehead atoms. The molecule has 0 amide bonds. The maximum Gasteiger partial charge on any atom is 0.323 e. The van der Waals surface area contributed by atoms with Crippen molar-refractivity contribution in [1.29, 1.82) is 0 Å². The van der Waals surface area contributed by atoms with E-state index in [4.69, 9.17) is 10.6 Å². The van der Waals surface area contributed by atoms with Gasteiger partial charge in [-0.25, -0.2) is 5.84 Å². The second-order valence-electron chi connectivity index (χ2n) is 4.71. The van der Waals surface area contributed by atoms with Gasteiger partial charge in [0.1, 0.15) is 0 Å². The highest BCUT2D eigenvalue weighted by molar-refractivity contribution is 5.41. The number of nitrogens with one attached hydrogen (secondary N) is 1. The molecule has 1 fully saturated rings. The summed E-state index contributed by atoms with van der Waals surface area (Å²) in [5, 5.41) is 0. The van der Waals surface area contributed by atoms with E-state index in [1.165, 1.54) is 6.42 Å². The van der Waals surface area contributed by atoms with E-state index >= 15 is 0 Å². The number of nitrogens with zero attached hydrogens (tertiary/aromatic N) is 4. The van der Waals surface area contributed by atoms with Gasteiger partial charge in [0, 0.05) is 12.1 Å². The molecule has 1 aliphatic heterocycles. The number of nitrogens with two attached hydrogens (primary N) is 1. The summed E-state index contributed by atoms with van der Waals surface area (Å²) in [6.07, 6.45) is 3.39. The van der Waals surface area contributed by atoms with Crippen LogP contribution in [-0.2, 0) is 0 Å². The number of hydrogen-bond acceptors (Lipinski definition) is 7. The summed E-state index contributed by atoms with van der Waals surface area (Å²) in [6, 6.07) is 1.21. The van der Waals surface area contributed by atoms with Gasteiger partial charge in [-0.1, -0.05) is 6.92 Å². The monoisotopic (exact) mass is 266 g/mol. The van der Waals surface area contributed by atoms with Gasteiger partial charge < -0.3 is 9.64 Å². The lowest BCUT2D eigenvalue weighted by molar-refractivity contribution is 0.311. The Morgan fingerprint density at radius 1 is 1.32 bits per heavy atom. The first kappa shape index (κ1) is 13.8. The molecule has 2 rings (SSSR count). The molecular weight excluding hydrogens is 244 g/mol. The summed E-state index contributed by atoms with van der Waals surface area (Å²) in [5.74, 6) is 6.38. The minimum absolute atomic E-state index is 0.314. The highest BCUT2D eigenvalue weighted by Gasteiger charge is 2.32. The summed E-state index contributed by atoms with van der Waals surface area (Å²) in [4.78, 5) is 15.1. The van der Waals surface area contributed by atoms with Crippen molar-refractivity contribution >= 4 is 11.9 Å². The Morgan fingerprint density at radius 3 is 2.74 bits per heavy atom. The maximum atomic E-state index is 5.41. The zero-order valence-electron chi connectivity index (χ0n) is 11.8. The third-order valence-corrected chi connectivity index (χ3v) is 3.49. The van der Waals surface area contributed by atoms with Crippen molar-refractivity contribution in [3.05, 3.63) is 0 Å². The van der Waals surface area contributed by atoms with Crippen molar-refractivity contribution in [1.82, 2.24) is 15.0 Å². The summed E-state index contributed by atoms with van der Waals surface area (Å²) < 4.78 is 5.37. The quantitative estimate of drug-likeness (QED) is 0.613. The smallest absolute Gasteiger partial charge is 0.323 e. The number of aromatic nitrogens is 3. The van der Waals surface area contributed by atoms with E-state index < -0.39 is 0 Å². The molecule has 0 aliphatic carbocycles. The van der Waals surface area contributed by atoms with Crippen molar-refractivity contribution in [3.63, 3.8) is 0 Å². The van der Waals surface area contributed by atoms with Crippen LogP contribution in [0.5, 0.6) is 6.01 Å². The van der Waals surface area contributed by atoms with Crippen LogP contribution in [0.4, 0.5) is 11.9 Å². The predicted molar refractivity (Wildman–Crippen MR) is 74.1 cm³/mol. The first-order valence-electron chi connectivity index (χ1n) is 6.83. The van der Waals surface area contributed by atoms with Crippen molar-refractivity contribution in [2.45, 2.75) is 52.1 Å². The minimum atomic E-state index is 0.314. The largest absolute Gasteiger partial charge is 0.464 e. The van der Waals surface area contributed by atoms with E-state index in [2.05, 4.69) is 39.1 Å². The fraction of sp³-hybridized carbons (Fsp3) is 0.750. The number of anilines is 2. The van der Waals surface area contributed by atoms with Crippen LogP contribution in [0.1, 0.15) is 40.0 Å². The van der Waals surface area contributed by atoms with Crippen LogP contribution >= 0.6 is 0 Å². The van der Waals surface area contributed by atoms with Crippen LogP contribution in [0.3, 0.4) is 0 Å². The molecule has 1 saturated heterocycles. The van der Waals surface area contributed by atoms with E-state index in [1.807, 2.05) is 6.92 Å². The number of ether oxygens (including phenoxy) is 1.